The predicted octanol–water partition coefficient (Wildman–Crippen LogP) is 3.45. The van der Waals surface area contributed by atoms with E-state index in [0.29, 0.717) is 58.6 Å². The van der Waals surface area contributed by atoms with Gasteiger partial charge in [-0.2, -0.15) is 0 Å². The summed E-state index contributed by atoms with van der Waals surface area (Å²) in [5, 5.41) is 2.73. The molecule has 194 valence electrons. The number of rotatable bonds is 5. The van der Waals surface area contributed by atoms with E-state index in [4.69, 9.17) is 23.9 Å². The van der Waals surface area contributed by atoms with Gasteiger partial charge in [0, 0.05) is 50.8 Å². The molecule has 0 bridgehead atoms. The summed E-state index contributed by atoms with van der Waals surface area (Å²) in [6.45, 7) is 7.88. The number of pyridine rings is 1. The molecule has 0 radical (unpaired) electrons. The number of ether oxygens (including phenoxy) is 4. The van der Waals surface area contributed by atoms with Gasteiger partial charge in [0.15, 0.2) is 0 Å². The first-order valence-electron chi connectivity index (χ1n) is 12.6. The number of carbonyl (C=O) groups excluding carboxylic acids is 1. The van der Waals surface area contributed by atoms with Crippen molar-refractivity contribution in [3.8, 4) is 17.0 Å². The standard InChI is InChI=1S/C26H33FN4O5/c1-18-14-22(27)23(29-26(32)31-6-12-35-13-7-31)16-21(18)19-15-24(30-4-10-34-11-5-30)25(28-17-19)36-20-2-8-33-9-3-20/h14-17,20H,2-13H2,1H3,(H,29,32). The van der Waals surface area contributed by atoms with Crippen LogP contribution in [0.2, 0.25) is 0 Å². The van der Waals surface area contributed by atoms with E-state index in [-0.39, 0.29) is 17.8 Å². The zero-order valence-corrected chi connectivity index (χ0v) is 20.6. The third kappa shape index (κ3) is 5.71. The van der Waals surface area contributed by atoms with Gasteiger partial charge < -0.3 is 34.1 Å². The number of carbonyl (C=O) groups is 1. The summed E-state index contributed by atoms with van der Waals surface area (Å²) < 4.78 is 37.5. The maximum atomic E-state index is 14.8. The molecule has 1 aromatic heterocycles. The topological polar surface area (TPSA) is 85.4 Å². The van der Waals surface area contributed by atoms with Gasteiger partial charge in [0.2, 0.25) is 5.88 Å². The van der Waals surface area contributed by atoms with Gasteiger partial charge >= 0.3 is 6.03 Å². The summed E-state index contributed by atoms with van der Waals surface area (Å²) in [5.41, 5.74) is 3.42. The first kappa shape index (κ1) is 24.7. The molecule has 5 rings (SSSR count). The van der Waals surface area contributed by atoms with E-state index in [1.165, 1.54) is 6.07 Å². The highest BCUT2D eigenvalue weighted by Gasteiger charge is 2.24. The van der Waals surface area contributed by atoms with E-state index in [1.807, 2.05) is 13.0 Å². The van der Waals surface area contributed by atoms with Crippen molar-refractivity contribution in [1.29, 1.82) is 0 Å². The minimum Gasteiger partial charge on any atom is -0.473 e. The van der Waals surface area contributed by atoms with Gasteiger partial charge in [-0.3, -0.25) is 0 Å². The third-order valence-electron chi connectivity index (χ3n) is 6.80. The Morgan fingerprint density at radius 1 is 1.00 bits per heavy atom. The van der Waals surface area contributed by atoms with Crippen molar-refractivity contribution in [1.82, 2.24) is 9.88 Å². The number of benzene rings is 1. The number of aryl methyl sites for hydroxylation is 1. The molecule has 2 aromatic rings. The van der Waals surface area contributed by atoms with Gasteiger partial charge in [0.05, 0.1) is 45.3 Å². The molecule has 10 heteroatoms. The first-order chi connectivity index (χ1) is 17.6. The van der Waals surface area contributed by atoms with Crippen molar-refractivity contribution in [2.45, 2.75) is 25.9 Å². The lowest BCUT2D eigenvalue weighted by molar-refractivity contribution is 0.0238. The highest BCUT2D eigenvalue weighted by molar-refractivity contribution is 5.91. The van der Waals surface area contributed by atoms with Crippen molar-refractivity contribution in [2.75, 3.05) is 76.0 Å². The van der Waals surface area contributed by atoms with Crippen molar-refractivity contribution in [2.24, 2.45) is 0 Å². The Hall–Kier alpha value is -2.95. The number of aromatic nitrogens is 1. The number of urea groups is 1. The number of halogens is 1. The van der Waals surface area contributed by atoms with Crippen LogP contribution in [0.4, 0.5) is 20.6 Å². The third-order valence-corrected chi connectivity index (χ3v) is 6.80. The number of hydrogen-bond donors (Lipinski definition) is 1. The van der Waals surface area contributed by atoms with E-state index in [1.54, 1.807) is 17.2 Å². The minimum atomic E-state index is -0.473. The molecule has 1 N–H and O–H groups in total. The van der Waals surface area contributed by atoms with E-state index in [0.717, 1.165) is 48.3 Å². The Balaban J connectivity index is 1.44. The molecule has 0 spiro atoms. The molecule has 9 nitrogen and oxygen atoms in total. The fourth-order valence-electron chi connectivity index (χ4n) is 4.70. The number of morpholine rings is 2. The normalized spacial score (nSPS) is 19.3. The Morgan fingerprint density at radius 3 is 2.39 bits per heavy atom. The van der Waals surface area contributed by atoms with Crippen molar-refractivity contribution in [3.63, 3.8) is 0 Å². The molecule has 2 amide bonds. The Labute approximate surface area is 210 Å². The number of amides is 2. The summed E-state index contributed by atoms with van der Waals surface area (Å²) in [7, 11) is 0. The lowest BCUT2D eigenvalue weighted by Gasteiger charge is -2.31. The van der Waals surface area contributed by atoms with Crippen LogP contribution in [0.3, 0.4) is 0 Å². The zero-order valence-electron chi connectivity index (χ0n) is 20.6. The molecule has 0 atom stereocenters. The maximum Gasteiger partial charge on any atom is 0.322 e. The summed E-state index contributed by atoms with van der Waals surface area (Å²) in [6.07, 6.45) is 3.48. The molecule has 0 saturated carbocycles. The van der Waals surface area contributed by atoms with Gasteiger partial charge in [-0.05, 0) is 36.2 Å². The lowest BCUT2D eigenvalue weighted by Crippen LogP contribution is -2.43. The van der Waals surface area contributed by atoms with Gasteiger partial charge in [-0.15, -0.1) is 0 Å². The van der Waals surface area contributed by atoms with Crippen LogP contribution in [0.5, 0.6) is 5.88 Å². The van der Waals surface area contributed by atoms with Crippen molar-refractivity contribution >= 4 is 17.4 Å². The average Bonchev–Trinajstić information content (AvgIpc) is 2.92. The lowest BCUT2D eigenvalue weighted by atomic mass is 10.00. The van der Waals surface area contributed by atoms with Crippen LogP contribution in [0, 0.1) is 12.7 Å². The quantitative estimate of drug-likeness (QED) is 0.673. The smallest absolute Gasteiger partial charge is 0.322 e. The second-order valence-corrected chi connectivity index (χ2v) is 9.25. The van der Waals surface area contributed by atoms with E-state index in [9.17, 15) is 9.18 Å². The van der Waals surface area contributed by atoms with Crippen LogP contribution in [0.15, 0.2) is 24.4 Å². The summed E-state index contributed by atoms with van der Waals surface area (Å²) in [5.74, 6) is 0.117. The highest BCUT2D eigenvalue weighted by atomic mass is 19.1. The van der Waals surface area contributed by atoms with Crippen LogP contribution in [0.1, 0.15) is 18.4 Å². The molecular formula is C26H33FN4O5. The Morgan fingerprint density at radius 2 is 1.67 bits per heavy atom. The number of hydrogen-bond acceptors (Lipinski definition) is 7. The minimum absolute atomic E-state index is 0.0615. The Bertz CT molecular complexity index is 1070. The number of nitrogens with zero attached hydrogens (tertiary/aromatic N) is 3. The van der Waals surface area contributed by atoms with Gasteiger partial charge in [-0.25, -0.2) is 14.2 Å². The zero-order chi connectivity index (χ0) is 24.9. The van der Waals surface area contributed by atoms with Crippen LogP contribution in [0.25, 0.3) is 11.1 Å². The van der Waals surface area contributed by atoms with Crippen LogP contribution in [-0.4, -0.2) is 87.8 Å². The molecule has 1 aromatic carbocycles. The molecule has 4 heterocycles. The second kappa shape index (κ2) is 11.4. The summed E-state index contributed by atoms with van der Waals surface area (Å²) in [6, 6.07) is 4.84. The molecule has 3 aliphatic rings. The maximum absolute atomic E-state index is 14.8. The van der Waals surface area contributed by atoms with Crippen LogP contribution in [-0.2, 0) is 14.2 Å². The monoisotopic (exact) mass is 500 g/mol. The van der Waals surface area contributed by atoms with Crippen molar-refractivity contribution < 1.29 is 28.1 Å². The number of anilines is 2. The summed E-state index contributed by atoms with van der Waals surface area (Å²) >= 11 is 0. The first-order valence-corrected chi connectivity index (χ1v) is 12.6. The predicted molar refractivity (Wildman–Crippen MR) is 133 cm³/mol. The fraction of sp³-hybridized carbons (Fsp3) is 0.538. The van der Waals surface area contributed by atoms with E-state index >= 15 is 0 Å². The molecule has 3 fully saturated rings. The molecule has 0 unspecified atom stereocenters. The molecule has 36 heavy (non-hydrogen) atoms. The molecule has 0 aliphatic carbocycles. The van der Waals surface area contributed by atoms with Gasteiger partial charge in [-0.1, -0.05) is 0 Å². The SMILES string of the molecule is Cc1cc(F)c(NC(=O)N2CCOCC2)cc1-c1cnc(OC2CCOCC2)c(N2CCOCC2)c1. The van der Waals surface area contributed by atoms with E-state index in [2.05, 4.69) is 10.2 Å². The second-order valence-electron chi connectivity index (χ2n) is 9.25. The average molecular weight is 501 g/mol. The van der Waals surface area contributed by atoms with Crippen LogP contribution < -0.4 is 15.0 Å². The largest absolute Gasteiger partial charge is 0.473 e. The fourth-order valence-corrected chi connectivity index (χ4v) is 4.70. The molecular weight excluding hydrogens is 467 g/mol. The van der Waals surface area contributed by atoms with E-state index < -0.39 is 5.82 Å². The van der Waals surface area contributed by atoms with Gasteiger partial charge in [0.1, 0.15) is 17.6 Å². The Kier molecular flexibility index (Phi) is 7.84. The van der Waals surface area contributed by atoms with Crippen LogP contribution >= 0.6 is 0 Å². The number of nitrogens with one attached hydrogen (secondary N) is 1. The molecule has 3 aliphatic heterocycles. The van der Waals surface area contributed by atoms with Crippen molar-refractivity contribution in [3.05, 3.63) is 35.8 Å². The highest BCUT2D eigenvalue weighted by Crippen LogP contribution is 2.36. The van der Waals surface area contributed by atoms with Gasteiger partial charge in [0.25, 0.3) is 0 Å². The summed E-state index contributed by atoms with van der Waals surface area (Å²) in [4.78, 5) is 21.2. The molecule has 3 saturated heterocycles.